The molecule has 83 heavy (non-hydrogen) atoms. The van der Waals surface area contributed by atoms with Crippen molar-refractivity contribution in [1.82, 2.24) is 0 Å². The predicted octanol–water partition coefficient (Wildman–Crippen LogP) is 20.0. The highest BCUT2D eigenvalue weighted by Gasteiger charge is 2.49. The number of rotatable bonds is 8. The largest absolute Gasteiger partial charge is 0.192 e. The maximum Gasteiger partial charge on any atom is 0.100 e. The van der Waals surface area contributed by atoms with E-state index < -0.39 is 0 Å². The molecule has 0 bridgehead atoms. The summed E-state index contributed by atoms with van der Waals surface area (Å²) < 4.78 is 0. The van der Waals surface area contributed by atoms with Gasteiger partial charge in [0.05, 0.1) is 5.56 Å². The van der Waals surface area contributed by atoms with Gasteiger partial charge in [0.2, 0.25) is 0 Å². The molecule has 0 fully saturated rings. The number of fused-ring (bicyclic) bond motifs is 13. The monoisotopic (exact) mass is 1060 g/mol. The summed E-state index contributed by atoms with van der Waals surface area (Å²) in [5.41, 5.74) is 32.5. The maximum absolute atomic E-state index is 12.3. The summed E-state index contributed by atoms with van der Waals surface area (Å²) in [7, 11) is 0. The van der Waals surface area contributed by atoms with Crippen LogP contribution in [0.15, 0.2) is 279 Å². The zero-order chi connectivity index (χ0) is 54.7. The second-order valence-corrected chi connectivity index (χ2v) is 23.9. The van der Waals surface area contributed by atoms with E-state index in [1.807, 2.05) is 0 Å². The van der Waals surface area contributed by atoms with Crippen LogP contribution in [0.2, 0.25) is 0 Å². The van der Waals surface area contributed by atoms with Crippen molar-refractivity contribution < 1.29 is 0 Å². The molecule has 5 aliphatic carbocycles. The van der Waals surface area contributed by atoms with Crippen molar-refractivity contribution in [2.45, 2.75) is 42.4 Å². The Morgan fingerprint density at radius 2 is 0.675 bits per heavy atom. The highest BCUT2D eigenvalue weighted by molar-refractivity contribution is 5.96. The lowest BCUT2D eigenvalue weighted by Gasteiger charge is -2.26. The molecular weight excluding hydrogens is 999 g/mol. The molecule has 0 spiro atoms. The fourth-order valence-corrected chi connectivity index (χ4v) is 16.6. The van der Waals surface area contributed by atoms with Gasteiger partial charge in [-0.05, 0) is 164 Å². The molecule has 6 atom stereocenters. The zero-order valence-corrected chi connectivity index (χ0v) is 46.0. The van der Waals surface area contributed by atoms with Gasteiger partial charge >= 0.3 is 0 Å². The summed E-state index contributed by atoms with van der Waals surface area (Å²) in [5, 5.41) is 12.3. The topological polar surface area (TPSA) is 23.8 Å². The Balaban J connectivity index is 0.898. The Morgan fingerprint density at radius 3 is 1.14 bits per heavy atom. The molecule has 0 aromatic heterocycles. The quantitative estimate of drug-likeness (QED) is 0.149. The van der Waals surface area contributed by atoms with Gasteiger partial charge in [0.15, 0.2) is 0 Å². The lowest BCUT2D eigenvalue weighted by molar-refractivity contribution is 0.492. The van der Waals surface area contributed by atoms with Crippen LogP contribution < -0.4 is 0 Å². The second kappa shape index (κ2) is 19.1. The van der Waals surface area contributed by atoms with Crippen molar-refractivity contribution in [3.05, 3.63) is 357 Å². The van der Waals surface area contributed by atoms with Gasteiger partial charge in [-0.15, -0.1) is 0 Å². The molecule has 0 radical (unpaired) electrons. The lowest BCUT2D eigenvalue weighted by Crippen LogP contribution is -2.11. The fourth-order valence-electron chi connectivity index (χ4n) is 16.6. The highest BCUT2D eigenvalue weighted by Crippen LogP contribution is 2.62. The predicted molar refractivity (Wildman–Crippen MR) is 339 cm³/mol. The first-order valence-corrected chi connectivity index (χ1v) is 29.7. The van der Waals surface area contributed by atoms with Crippen LogP contribution >= 0.6 is 0 Å². The number of hydrogen-bond donors (Lipinski definition) is 0. The Labute approximate surface area is 486 Å². The van der Waals surface area contributed by atoms with Crippen LogP contribution in [0.1, 0.15) is 107 Å². The minimum atomic E-state index is -0.169. The van der Waals surface area contributed by atoms with Crippen LogP contribution in [0, 0.1) is 23.2 Å². The molecule has 0 heterocycles. The summed E-state index contributed by atoms with van der Waals surface area (Å²) >= 11 is 0. The van der Waals surface area contributed by atoms with E-state index in [0.29, 0.717) is 11.8 Å². The first-order valence-electron chi connectivity index (χ1n) is 29.7. The van der Waals surface area contributed by atoms with Crippen LogP contribution in [0.25, 0.3) is 66.8 Å². The molecule has 390 valence electrons. The third-order valence-electron chi connectivity index (χ3n) is 19.9. The standard InChI is InChI=1S/C82H57N/c83-49-75-78(54-28-14-5-15-29-54)69(57-34-36-59-46-73-76(52-24-10-3-11-25-52)65-40-38-55(50-20-6-1-7-21-50)42-71(65)79(73)67(59)44-57)48-70(82(75)81-63-32-18-16-30-61(63)62-31-17-19-33-64(62)81)58-35-37-60-47-74-77(53-26-12-4-13-27-53)66-41-39-56(51-22-8-2-9-23-51)43-72(66)80(74)68(60)45-58/h1-45,48,73-74,76-77,79-81H,46-47H2. The van der Waals surface area contributed by atoms with Crippen molar-refractivity contribution in [3.63, 3.8) is 0 Å². The van der Waals surface area contributed by atoms with Gasteiger partial charge in [-0.2, -0.15) is 5.26 Å². The molecular formula is C82H57N. The van der Waals surface area contributed by atoms with Crippen LogP contribution in [-0.2, 0) is 12.8 Å². The average Bonchev–Trinajstić information content (AvgIpc) is 2.36. The minimum Gasteiger partial charge on any atom is -0.192 e. The van der Waals surface area contributed by atoms with E-state index in [4.69, 9.17) is 0 Å². The van der Waals surface area contributed by atoms with Gasteiger partial charge in [0, 0.05) is 35.2 Å². The first-order chi connectivity index (χ1) is 41.1. The van der Waals surface area contributed by atoms with E-state index in [-0.39, 0.29) is 29.6 Å². The second-order valence-electron chi connectivity index (χ2n) is 23.9. The van der Waals surface area contributed by atoms with Crippen molar-refractivity contribution in [2.75, 3.05) is 0 Å². The Hall–Kier alpha value is -9.87. The molecule has 1 nitrogen and oxygen atoms in total. The number of nitriles is 1. The molecule has 5 aliphatic rings. The summed E-state index contributed by atoms with van der Waals surface area (Å²) in [6.07, 6.45) is 2.01. The molecule has 12 aromatic rings. The summed E-state index contributed by atoms with van der Waals surface area (Å²) in [4.78, 5) is 0. The van der Waals surface area contributed by atoms with Crippen LogP contribution in [-0.4, -0.2) is 0 Å². The van der Waals surface area contributed by atoms with E-state index in [9.17, 15) is 5.26 Å². The van der Waals surface area contributed by atoms with E-state index in [1.54, 1.807) is 0 Å². The fraction of sp³-hybridized carbons (Fsp3) is 0.110. The SMILES string of the molecule is N#Cc1c(-c2ccccc2)c(-c2ccc3c(c2)C2c4cc(-c5ccccc5)ccc4C(c4ccccc4)C2C3)cc(-c2ccc3c(c2)C2c4cc(-c5ccccc5)ccc4C(c4ccccc4)C2C3)c1C1c2ccccc2-c2ccccc21. The molecule has 0 saturated heterocycles. The van der Waals surface area contributed by atoms with Gasteiger partial charge in [0.25, 0.3) is 0 Å². The molecule has 12 aromatic carbocycles. The molecule has 17 rings (SSSR count). The van der Waals surface area contributed by atoms with E-state index >= 15 is 0 Å². The summed E-state index contributed by atoms with van der Waals surface area (Å²) in [5.74, 6) is 1.58. The third-order valence-corrected chi connectivity index (χ3v) is 19.9. The van der Waals surface area contributed by atoms with Gasteiger partial charge in [-0.25, -0.2) is 0 Å². The van der Waals surface area contributed by atoms with Crippen LogP contribution in [0.4, 0.5) is 0 Å². The number of hydrogen-bond acceptors (Lipinski definition) is 1. The van der Waals surface area contributed by atoms with Crippen molar-refractivity contribution in [1.29, 1.82) is 5.26 Å². The smallest absolute Gasteiger partial charge is 0.100 e. The molecule has 0 N–H and O–H groups in total. The Bertz CT molecular complexity index is 4540. The summed E-state index contributed by atoms with van der Waals surface area (Å²) in [6, 6.07) is 108. The first kappa shape index (κ1) is 47.9. The molecule has 6 unspecified atom stereocenters. The molecule has 0 amide bonds. The van der Waals surface area contributed by atoms with Gasteiger partial charge in [-0.3, -0.25) is 0 Å². The van der Waals surface area contributed by atoms with E-state index in [2.05, 4.69) is 285 Å². The van der Waals surface area contributed by atoms with E-state index in [0.717, 1.165) is 57.3 Å². The minimum absolute atomic E-state index is 0.169. The van der Waals surface area contributed by atoms with Gasteiger partial charge in [-0.1, -0.05) is 273 Å². The molecule has 1 heteroatoms. The van der Waals surface area contributed by atoms with Crippen molar-refractivity contribution >= 4 is 0 Å². The molecule has 0 saturated carbocycles. The Morgan fingerprint density at radius 1 is 0.277 bits per heavy atom. The van der Waals surface area contributed by atoms with Gasteiger partial charge in [0.1, 0.15) is 6.07 Å². The van der Waals surface area contributed by atoms with Crippen molar-refractivity contribution in [3.8, 4) is 72.8 Å². The third kappa shape index (κ3) is 7.46. The average molecular weight is 1060 g/mol. The normalized spacial score (nSPS) is 19.2. The zero-order valence-electron chi connectivity index (χ0n) is 46.0. The van der Waals surface area contributed by atoms with Crippen LogP contribution in [0.5, 0.6) is 0 Å². The maximum atomic E-state index is 12.3. The lowest BCUT2D eigenvalue weighted by atomic mass is 9.76. The van der Waals surface area contributed by atoms with Crippen LogP contribution in [0.3, 0.4) is 0 Å². The van der Waals surface area contributed by atoms with E-state index in [1.165, 1.54) is 100 Å². The summed E-state index contributed by atoms with van der Waals surface area (Å²) in [6.45, 7) is 0. The van der Waals surface area contributed by atoms with Crippen molar-refractivity contribution in [2.24, 2.45) is 11.8 Å². The molecule has 0 aliphatic heterocycles. The van der Waals surface area contributed by atoms with Gasteiger partial charge < -0.3 is 0 Å². The highest BCUT2D eigenvalue weighted by atomic mass is 14.5. The Kier molecular flexibility index (Phi) is 11.0. The number of benzene rings is 12. The number of nitrogens with zero attached hydrogens (tertiary/aromatic N) is 1.